The van der Waals surface area contributed by atoms with Crippen LogP contribution in [-0.4, -0.2) is 22.6 Å². The van der Waals surface area contributed by atoms with E-state index < -0.39 is 0 Å². The fourth-order valence-corrected chi connectivity index (χ4v) is 2.20. The third-order valence-electron chi connectivity index (χ3n) is 2.46. The van der Waals surface area contributed by atoms with Crippen molar-refractivity contribution in [3.8, 4) is 0 Å². The molecule has 0 radical (unpaired) electrons. The maximum Gasteiger partial charge on any atom is 0.315 e. The monoisotopic (exact) mass is 319 g/mol. The number of nitrogens with zero attached hydrogens (tertiary/aromatic N) is 2. The molecule has 0 unspecified atom stereocenters. The smallest absolute Gasteiger partial charge is 0.315 e. The minimum absolute atomic E-state index is 0.394. The first kappa shape index (κ1) is 14.4. The van der Waals surface area contributed by atoms with Gasteiger partial charge in [-0.1, -0.05) is 34.4 Å². The van der Waals surface area contributed by atoms with E-state index in [9.17, 15) is 0 Å². The van der Waals surface area contributed by atoms with Gasteiger partial charge in [-0.05, 0) is 24.1 Å². The summed E-state index contributed by atoms with van der Waals surface area (Å²) in [5.41, 5.74) is 1.01. The molecule has 1 aromatic heterocycles. The SMILES string of the molecule is ClCCc1nnc(NCCc2ccc(Cl)cc2Cl)o1. The van der Waals surface area contributed by atoms with Crippen LogP contribution in [-0.2, 0) is 12.8 Å². The summed E-state index contributed by atoms with van der Waals surface area (Å²) in [7, 11) is 0. The molecular formula is C12H12Cl3N3O. The summed E-state index contributed by atoms with van der Waals surface area (Å²) < 4.78 is 5.34. The van der Waals surface area contributed by atoms with Crippen LogP contribution < -0.4 is 5.32 Å². The van der Waals surface area contributed by atoms with E-state index in [4.69, 9.17) is 39.2 Å². The molecule has 0 atom stereocenters. The minimum Gasteiger partial charge on any atom is -0.408 e. The Morgan fingerprint density at radius 1 is 1.16 bits per heavy atom. The highest BCUT2D eigenvalue weighted by atomic mass is 35.5. The van der Waals surface area contributed by atoms with Crippen LogP contribution in [0.25, 0.3) is 0 Å². The third kappa shape index (κ3) is 4.27. The summed E-state index contributed by atoms with van der Waals surface area (Å²) >= 11 is 17.5. The number of halogens is 3. The van der Waals surface area contributed by atoms with Crippen molar-refractivity contribution in [1.29, 1.82) is 0 Å². The Labute approximate surface area is 126 Å². The van der Waals surface area contributed by atoms with Crippen molar-refractivity contribution < 1.29 is 4.42 Å². The second kappa shape index (κ2) is 6.98. The molecule has 0 saturated carbocycles. The van der Waals surface area contributed by atoms with Crippen molar-refractivity contribution in [2.45, 2.75) is 12.8 Å². The van der Waals surface area contributed by atoms with Gasteiger partial charge < -0.3 is 9.73 Å². The molecule has 2 rings (SSSR count). The Morgan fingerprint density at radius 3 is 2.74 bits per heavy atom. The first-order valence-electron chi connectivity index (χ1n) is 5.75. The Bertz CT molecular complexity index is 545. The highest BCUT2D eigenvalue weighted by Crippen LogP contribution is 2.21. The van der Waals surface area contributed by atoms with Crippen molar-refractivity contribution in [2.75, 3.05) is 17.7 Å². The lowest BCUT2D eigenvalue weighted by Gasteiger charge is -2.04. The molecule has 2 aromatic rings. The first-order valence-corrected chi connectivity index (χ1v) is 7.04. The Hall–Kier alpha value is -0.970. The quantitative estimate of drug-likeness (QED) is 0.822. The summed E-state index contributed by atoms with van der Waals surface area (Å²) in [5.74, 6) is 0.990. The molecule has 1 N–H and O–H groups in total. The lowest BCUT2D eigenvalue weighted by atomic mass is 10.1. The van der Waals surface area contributed by atoms with Crippen molar-refractivity contribution >= 4 is 40.8 Å². The summed E-state index contributed by atoms with van der Waals surface area (Å²) in [5, 5.41) is 12.0. The first-order chi connectivity index (χ1) is 9.19. The third-order valence-corrected chi connectivity index (χ3v) is 3.24. The van der Waals surface area contributed by atoms with Crippen LogP contribution in [0.3, 0.4) is 0 Å². The van der Waals surface area contributed by atoms with Gasteiger partial charge in [-0.25, -0.2) is 0 Å². The van der Waals surface area contributed by atoms with Crippen LogP contribution in [0.4, 0.5) is 6.01 Å². The number of nitrogens with one attached hydrogen (secondary N) is 1. The van der Waals surface area contributed by atoms with E-state index in [1.807, 2.05) is 12.1 Å². The molecule has 1 aromatic carbocycles. The number of benzene rings is 1. The molecule has 102 valence electrons. The zero-order chi connectivity index (χ0) is 13.7. The van der Waals surface area contributed by atoms with Gasteiger partial charge in [0, 0.05) is 28.9 Å². The number of rotatable bonds is 6. The number of alkyl halides is 1. The van der Waals surface area contributed by atoms with E-state index in [2.05, 4.69) is 15.5 Å². The van der Waals surface area contributed by atoms with Gasteiger partial charge in [0.1, 0.15) is 0 Å². The van der Waals surface area contributed by atoms with Gasteiger partial charge in [-0.15, -0.1) is 16.7 Å². The molecule has 0 bridgehead atoms. The van der Waals surface area contributed by atoms with Gasteiger partial charge in [-0.2, -0.15) is 0 Å². The average molecular weight is 321 g/mol. The number of aryl methyl sites for hydroxylation is 1. The van der Waals surface area contributed by atoms with Crippen molar-refractivity contribution in [1.82, 2.24) is 10.2 Å². The summed E-state index contributed by atoms with van der Waals surface area (Å²) in [6, 6.07) is 5.84. The molecule has 0 aliphatic heterocycles. The summed E-state index contributed by atoms with van der Waals surface area (Å²) in [6.45, 7) is 0.643. The standard InChI is InChI=1S/C12H12Cl3N3O/c13-5-3-11-17-18-12(19-11)16-6-4-8-1-2-9(14)7-10(8)15/h1-2,7H,3-6H2,(H,16,18). The Balaban J connectivity index is 1.85. The van der Waals surface area contributed by atoms with Crippen LogP contribution in [0.5, 0.6) is 0 Å². The normalized spacial score (nSPS) is 10.7. The zero-order valence-corrected chi connectivity index (χ0v) is 12.3. The molecule has 0 amide bonds. The van der Waals surface area contributed by atoms with Crippen molar-refractivity contribution in [3.05, 3.63) is 39.7 Å². The zero-order valence-electron chi connectivity index (χ0n) is 10.00. The second-order valence-electron chi connectivity index (χ2n) is 3.85. The highest BCUT2D eigenvalue weighted by molar-refractivity contribution is 6.35. The number of hydrogen-bond acceptors (Lipinski definition) is 4. The van der Waals surface area contributed by atoms with Crippen molar-refractivity contribution in [3.63, 3.8) is 0 Å². The van der Waals surface area contributed by atoms with Crippen LogP contribution in [0.2, 0.25) is 10.0 Å². The number of anilines is 1. The summed E-state index contributed by atoms with van der Waals surface area (Å²) in [4.78, 5) is 0. The number of aromatic nitrogens is 2. The number of hydrogen-bond donors (Lipinski definition) is 1. The Morgan fingerprint density at radius 2 is 2.00 bits per heavy atom. The topological polar surface area (TPSA) is 51.0 Å². The second-order valence-corrected chi connectivity index (χ2v) is 5.07. The van der Waals surface area contributed by atoms with Crippen LogP contribution in [0.15, 0.2) is 22.6 Å². The van der Waals surface area contributed by atoms with Crippen LogP contribution in [0.1, 0.15) is 11.5 Å². The van der Waals surface area contributed by atoms with E-state index >= 15 is 0 Å². The fraction of sp³-hybridized carbons (Fsp3) is 0.333. The molecule has 7 heteroatoms. The molecule has 0 saturated heterocycles. The van der Waals surface area contributed by atoms with E-state index in [1.165, 1.54) is 0 Å². The lowest BCUT2D eigenvalue weighted by molar-refractivity contribution is 0.512. The average Bonchev–Trinajstić information content (AvgIpc) is 2.80. The summed E-state index contributed by atoms with van der Waals surface area (Å²) in [6.07, 6.45) is 1.31. The van der Waals surface area contributed by atoms with E-state index in [0.29, 0.717) is 40.8 Å². The molecular weight excluding hydrogens is 309 g/mol. The Kier molecular flexibility index (Phi) is 5.31. The molecule has 4 nitrogen and oxygen atoms in total. The molecule has 0 spiro atoms. The van der Waals surface area contributed by atoms with Gasteiger partial charge >= 0.3 is 6.01 Å². The van der Waals surface area contributed by atoms with Gasteiger partial charge in [-0.3, -0.25) is 0 Å². The van der Waals surface area contributed by atoms with E-state index in [-0.39, 0.29) is 0 Å². The van der Waals surface area contributed by atoms with Crippen molar-refractivity contribution in [2.24, 2.45) is 0 Å². The van der Waals surface area contributed by atoms with Crippen LogP contribution in [0, 0.1) is 0 Å². The molecule has 0 aliphatic carbocycles. The highest BCUT2D eigenvalue weighted by Gasteiger charge is 2.05. The molecule has 1 heterocycles. The maximum absolute atomic E-state index is 6.08. The predicted octanol–water partition coefficient (Wildman–Crippen LogP) is 3.81. The largest absolute Gasteiger partial charge is 0.408 e. The lowest BCUT2D eigenvalue weighted by Crippen LogP contribution is -2.05. The van der Waals surface area contributed by atoms with E-state index in [0.717, 1.165) is 12.0 Å². The van der Waals surface area contributed by atoms with E-state index in [1.54, 1.807) is 6.07 Å². The van der Waals surface area contributed by atoms with Gasteiger partial charge in [0.15, 0.2) is 0 Å². The minimum atomic E-state index is 0.394. The van der Waals surface area contributed by atoms with Gasteiger partial charge in [0.05, 0.1) is 0 Å². The predicted molar refractivity (Wildman–Crippen MR) is 77.4 cm³/mol. The molecule has 0 fully saturated rings. The van der Waals surface area contributed by atoms with Gasteiger partial charge in [0.25, 0.3) is 0 Å². The molecule has 0 aliphatic rings. The molecule has 19 heavy (non-hydrogen) atoms. The fourth-order valence-electron chi connectivity index (χ4n) is 1.54. The maximum atomic E-state index is 6.08. The van der Waals surface area contributed by atoms with Crippen LogP contribution >= 0.6 is 34.8 Å². The van der Waals surface area contributed by atoms with Gasteiger partial charge in [0.2, 0.25) is 5.89 Å².